The summed E-state index contributed by atoms with van der Waals surface area (Å²) in [4.78, 5) is 11.6. The molecular weight excluding hydrogens is 357 g/mol. The van der Waals surface area contributed by atoms with Gasteiger partial charge >= 0.3 is 5.97 Å². The molecule has 5 nitrogen and oxygen atoms in total. The van der Waals surface area contributed by atoms with Gasteiger partial charge < -0.3 is 4.74 Å². The van der Waals surface area contributed by atoms with Gasteiger partial charge in [-0.15, -0.1) is 0 Å². The van der Waals surface area contributed by atoms with E-state index < -0.39 is 28.4 Å². The fourth-order valence-electron chi connectivity index (χ4n) is 2.17. The van der Waals surface area contributed by atoms with Gasteiger partial charge in [-0.2, -0.15) is 4.72 Å². The Bertz CT molecular complexity index is 854. The molecule has 7 heteroatoms. The minimum atomic E-state index is -3.89. The van der Waals surface area contributed by atoms with Crippen molar-refractivity contribution in [2.45, 2.75) is 37.7 Å². The molecular formula is C19H22FNO4S. The number of nitrogens with one attached hydrogen (secondary N) is 1. The lowest BCUT2D eigenvalue weighted by atomic mass is 9.87. The van der Waals surface area contributed by atoms with E-state index in [4.69, 9.17) is 4.74 Å². The van der Waals surface area contributed by atoms with Crippen molar-refractivity contribution in [1.29, 1.82) is 0 Å². The van der Waals surface area contributed by atoms with Gasteiger partial charge in [0.2, 0.25) is 10.0 Å². The highest BCUT2D eigenvalue weighted by molar-refractivity contribution is 7.89. The van der Waals surface area contributed by atoms with Gasteiger partial charge in [-0.05, 0) is 40.8 Å². The van der Waals surface area contributed by atoms with Crippen LogP contribution in [0.2, 0.25) is 0 Å². The number of carbonyl (C=O) groups excluding carboxylic acids is 1. The zero-order valence-electron chi connectivity index (χ0n) is 15.0. The summed E-state index contributed by atoms with van der Waals surface area (Å²) in [7, 11) is -3.89. The highest BCUT2D eigenvalue weighted by Gasteiger charge is 2.16. The van der Waals surface area contributed by atoms with Crippen LogP contribution in [0.15, 0.2) is 53.4 Å². The van der Waals surface area contributed by atoms with Crippen LogP contribution < -0.4 is 4.72 Å². The maximum Gasteiger partial charge on any atom is 0.321 e. The second-order valence-corrected chi connectivity index (χ2v) is 8.65. The first kappa shape index (κ1) is 20.1. The number of benzene rings is 2. The van der Waals surface area contributed by atoms with Crippen LogP contribution >= 0.6 is 0 Å². The summed E-state index contributed by atoms with van der Waals surface area (Å²) < 4.78 is 44.1. The van der Waals surface area contributed by atoms with Gasteiger partial charge in [-0.25, -0.2) is 12.8 Å². The molecule has 0 saturated carbocycles. The molecule has 0 aromatic heterocycles. The highest BCUT2D eigenvalue weighted by Crippen LogP contribution is 2.22. The molecule has 140 valence electrons. The fraction of sp³-hybridized carbons (Fsp3) is 0.316. The van der Waals surface area contributed by atoms with E-state index >= 15 is 0 Å². The molecule has 26 heavy (non-hydrogen) atoms. The minimum Gasteiger partial charge on any atom is -0.460 e. The normalized spacial score (nSPS) is 12.0. The van der Waals surface area contributed by atoms with Gasteiger partial charge in [-0.1, -0.05) is 45.0 Å². The fourth-order valence-corrected chi connectivity index (χ4v) is 3.14. The van der Waals surface area contributed by atoms with Crippen molar-refractivity contribution in [3.05, 3.63) is 65.5 Å². The van der Waals surface area contributed by atoms with E-state index in [-0.39, 0.29) is 16.9 Å². The van der Waals surface area contributed by atoms with Crippen molar-refractivity contribution in [2.24, 2.45) is 0 Å². The SMILES string of the molecule is CC(C)(C)c1ccc(COC(=O)CNS(=O)(=O)c2ccc(F)cc2)cc1. The first-order chi connectivity index (χ1) is 12.1. The molecule has 2 aromatic carbocycles. The number of halogens is 1. The molecule has 0 amide bonds. The molecule has 2 rings (SSSR count). The van der Waals surface area contributed by atoms with Crippen LogP contribution in [0.25, 0.3) is 0 Å². The molecule has 0 saturated heterocycles. The molecule has 2 aromatic rings. The molecule has 0 heterocycles. The van der Waals surface area contributed by atoms with E-state index in [9.17, 15) is 17.6 Å². The second kappa shape index (κ2) is 7.97. The lowest BCUT2D eigenvalue weighted by Gasteiger charge is -2.19. The number of hydrogen-bond acceptors (Lipinski definition) is 4. The molecule has 0 spiro atoms. The van der Waals surface area contributed by atoms with Crippen LogP contribution in [0.1, 0.15) is 31.9 Å². The van der Waals surface area contributed by atoms with Crippen LogP contribution in [0.4, 0.5) is 4.39 Å². The van der Waals surface area contributed by atoms with Crippen LogP contribution in [-0.4, -0.2) is 20.9 Å². The van der Waals surface area contributed by atoms with Crippen molar-refractivity contribution in [2.75, 3.05) is 6.54 Å². The Kier molecular flexibility index (Phi) is 6.15. The first-order valence-corrected chi connectivity index (χ1v) is 9.56. The summed E-state index contributed by atoms with van der Waals surface area (Å²) in [5.74, 6) is -1.24. The molecule has 0 aliphatic carbocycles. The third kappa shape index (κ3) is 5.64. The van der Waals surface area contributed by atoms with Crippen molar-refractivity contribution < 1.29 is 22.3 Å². The predicted molar refractivity (Wildman–Crippen MR) is 96.5 cm³/mol. The van der Waals surface area contributed by atoms with Crippen LogP contribution in [0.5, 0.6) is 0 Å². The minimum absolute atomic E-state index is 0.0356. The predicted octanol–water partition coefficient (Wildman–Crippen LogP) is 3.14. The summed E-state index contributed by atoms with van der Waals surface area (Å²) in [5, 5.41) is 0. The summed E-state index contributed by atoms with van der Waals surface area (Å²) in [6, 6.07) is 12.0. The number of rotatable bonds is 6. The molecule has 0 fully saturated rings. The number of sulfonamides is 1. The van der Waals surface area contributed by atoms with Gasteiger partial charge in [-0.3, -0.25) is 4.79 Å². The van der Waals surface area contributed by atoms with E-state index in [1.165, 1.54) is 5.56 Å². The van der Waals surface area contributed by atoms with E-state index in [1.807, 2.05) is 24.3 Å². The smallest absolute Gasteiger partial charge is 0.321 e. The van der Waals surface area contributed by atoms with E-state index in [1.54, 1.807) is 0 Å². The van der Waals surface area contributed by atoms with Gasteiger partial charge in [0.15, 0.2) is 0 Å². The van der Waals surface area contributed by atoms with Crippen molar-refractivity contribution in [1.82, 2.24) is 4.72 Å². The number of ether oxygens (including phenoxy) is 1. The molecule has 1 N–H and O–H groups in total. The van der Waals surface area contributed by atoms with Crippen molar-refractivity contribution in [3.8, 4) is 0 Å². The standard InChI is InChI=1S/C19H22FNO4S/c1-19(2,3)15-6-4-14(5-7-15)13-25-18(22)12-21-26(23,24)17-10-8-16(20)9-11-17/h4-11,21H,12-13H2,1-3H3. The molecule has 0 atom stereocenters. The number of carbonyl (C=O) groups is 1. The van der Waals surface area contributed by atoms with E-state index in [0.717, 1.165) is 29.8 Å². The Labute approximate surface area is 153 Å². The van der Waals surface area contributed by atoms with Crippen LogP contribution in [0, 0.1) is 5.82 Å². The largest absolute Gasteiger partial charge is 0.460 e. The Balaban J connectivity index is 1.86. The molecule has 0 aliphatic heterocycles. The van der Waals surface area contributed by atoms with Crippen LogP contribution in [0.3, 0.4) is 0 Å². The topological polar surface area (TPSA) is 72.5 Å². The molecule has 0 bridgehead atoms. The Morgan fingerprint density at radius 1 is 1.04 bits per heavy atom. The average Bonchev–Trinajstić information content (AvgIpc) is 2.58. The lowest BCUT2D eigenvalue weighted by molar-refractivity contribution is -0.143. The number of hydrogen-bond donors (Lipinski definition) is 1. The summed E-state index contributed by atoms with van der Waals surface area (Å²) >= 11 is 0. The highest BCUT2D eigenvalue weighted by atomic mass is 32.2. The van der Waals surface area contributed by atoms with Crippen LogP contribution in [-0.2, 0) is 31.6 Å². The Hall–Kier alpha value is -2.25. The maximum absolute atomic E-state index is 12.9. The number of esters is 1. The zero-order chi connectivity index (χ0) is 19.4. The summed E-state index contributed by atoms with van der Waals surface area (Å²) in [5.41, 5.74) is 2.01. The van der Waals surface area contributed by atoms with Gasteiger partial charge in [0.1, 0.15) is 19.0 Å². The average molecular weight is 379 g/mol. The van der Waals surface area contributed by atoms with E-state index in [0.29, 0.717) is 0 Å². The van der Waals surface area contributed by atoms with Gasteiger partial charge in [0.25, 0.3) is 0 Å². The molecule has 0 radical (unpaired) electrons. The zero-order valence-corrected chi connectivity index (χ0v) is 15.8. The first-order valence-electron chi connectivity index (χ1n) is 8.08. The molecule has 0 unspecified atom stereocenters. The third-order valence-electron chi connectivity index (χ3n) is 3.75. The lowest BCUT2D eigenvalue weighted by Crippen LogP contribution is -2.30. The third-order valence-corrected chi connectivity index (χ3v) is 5.17. The van der Waals surface area contributed by atoms with Crippen molar-refractivity contribution >= 4 is 16.0 Å². The quantitative estimate of drug-likeness (QED) is 0.783. The van der Waals surface area contributed by atoms with Gasteiger partial charge in [0.05, 0.1) is 4.90 Å². The molecule has 0 aliphatic rings. The second-order valence-electron chi connectivity index (χ2n) is 6.89. The maximum atomic E-state index is 12.9. The Morgan fingerprint density at radius 3 is 2.15 bits per heavy atom. The summed E-state index contributed by atoms with van der Waals surface area (Å²) in [6.07, 6.45) is 0. The monoisotopic (exact) mass is 379 g/mol. The Morgan fingerprint density at radius 2 is 1.62 bits per heavy atom. The summed E-state index contributed by atoms with van der Waals surface area (Å²) in [6.45, 7) is 5.88. The van der Waals surface area contributed by atoms with E-state index in [2.05, 4.69) is 25.5 Å². The van der Waals surface area contributed by atoms with Gasteiger partial charge in [0, 0.05) is 0 Å². The van der Waals surface area contributed by atoms with Crippen molar-refractivity contribution in [3.63, 3.8) is 0 Å².